The van der Waals surface area contributed by atoms with Crippen LogP contribution in [0.15, 0.2) is 40.9 Å². The molecule has 19 heavy (non-hydrogen) atoms. The van der Waals surface area contributed by atoms with Crippen molar-refractivity contribution in [2.75, 3.05) is 0 Å². The van der Waals surface area contributed by atoms with E-state index in [4.69, 9.17) is 4.74 Å². The maximum Gasteiger partial charge on any atom is 0.219 e. The average Bonchev–Trinajstić information content (AvgIpc) is 2.41. The van der Waals surface area contributed by atoms with Crippen molar-refractivity contribution in [2.24, 2.45) is 0 Å². The number of aliphatic hydroxyl groups is 1. The standard InChI is InChI=1S/C15H16BrNO2/c1-10(2)13-7-11(9-18)8-15(17-13)19-14-6-4-3-5-12(14)16/h3-8,10,18H,9H2,1-2H3. The number of benzene rings is 1. The SMILES string of the molecule is CC(C)c1cc(CO)cc(Oc2ccccc2Br)n1. The topological polar surface area (TPSA) is 42.4 Å². The van der Waals surface area contributed by atoms with Crippen LogP contribution in [0.2, 0.25) is 0 Å². The van der Waals surface area contributed by atoms with Crippen molar-refractivity contribution in [1.29, 1.82) is 0 Å². The highest BCUT2D eigenvalue weighted by Gasteiger charge is 2.09. The highest BCUT2D eigenvalue weighted by Crippen LogP contribution is 2.29. The molecule has 0 bridgehead atoms. The number of pyridine rings is 1. The van der Waals surface area contributed by atoms with Gasteiger partial charge in [-0.1, -0.05) is 26.0 Å². The Labute approximate surface area is 121 Å². The van der Waals surface area contributed by atoms with E-state index in [1.54, 1.807) is 6.07 Å². The molecule has 0 spiro atoms. The lowest BCUT2D eigenvalue weighted by Gasteiger charge is -2.11. The molecule has 0 aliphatic rings. The van der Waals surface area contributed by atoms with Gasteiger partial charge in [0.2, 0.25) is 5.88 Å². The van der Waals surface area contributed by atoms with Crippen molar-refractivity contribution in [1.82, 2.24) is 4.98 Å². The number of aliphatic hydroxyl groups excluding tert-OH is 1. The Morgan fingerprint density at radius 3 is 2.63 bits per heavy atom. The van der Waals surface area contributed by atoms with Crippen LogP contribution < -0.4 is 4.74 Å². The maximum atomic E-state index is 9.30. The number of nitrogens with zero attached hydrogens (tertiary/aromatic N) is 1. The first kappa shape index (κ1) is 14.0. The van der Waals surface area contributed by atoms with E-state index in [2.05, 4.69) is 34.8 Å². The quantitative estimate of drug-likeness (QED) is 0.915. The van der Waals surface area contributed by atoms with Gasteiger partial charge < -0.3 is 9.84 Å². The summed E-state index contributed by atoms with van der Waals surface area (Å²) >= 11 is 3.43. The molecule has 0 radical (unpaired) electrons. The first-order valence-corrected chi connectivity index (χ1v) is 6.93. The third kappa shape index (κ3) is 3.55. The molecule has 1 aromatic carbocycles. The minimum absolute atomic E-state index is 0.0193. The molecule has 3 nitrogen and oxygen atoms in total. The molecule has 1 N–H and O–H groups in total. The number of rotatable bonds is 4. The number of hydrogen-bond acceptors (Lipinski definition) is 3. The molecule has 0 saturated heterocycles. The molecule has 1 heterocycles. The lowest BCUT2D eigenvalue weighted by atomic mass is 10.1. The predicted octanol–water partition coefficient (Wildman–Crippen LogP) is 4.25. The van der Waals surface area contributed by atoms with E-state index < -0.39 is 0 Å². The zero-order valence-corrected chi connectivity index (χ0v) is 12.5. The minimum Gasteiger partial charge on any atom is -0.438 e. The van der Waals surface area contributed by atoms with Crippen LogP contribution in [-0.2, 0) is 6.61 Å². The van der Waals surface area contributed by atoms with Crippen molar-refractivity contribution < 1.29 is 9.84 Å². The van der Waals surface area contributed by atoms with Crippen molar-refractivity contribution in [3.63, 3.8) is 0 Å². The van der Waals surface area contributed by atoms with Crippen molar-refractivity contribution >= 4 is 15.9 Å². The molecular formula is C15H16BrNO2. The molecule has 0 saturated carbocycles. The van der Waals surface area contributed by atoms with E-state index in [9.17, 15) is 5.11 Å². The lowest BCUT2D eigenvalue weighted by molar-refractivity contribution is 0.280. The first-order valence-electron chi connectivity index (χ1n) is 6.14. The van der Waals surface area contributed by atoms with Crippen LogP contribution >= 0.6 is 15.9 Å². The number of aromatic nitrogens is 1. The first-order chi connectivity index (χ1) is 9.10. The van der Waals surface area contributed by atoms with Gasteiger partial charge in [-0.15, -0.1) is 0 Å². The zero-order chi connectivity index (χ0) is 13.8. The van der Waals surface area contributed by atoms with Crippen molar-refractivity contribution in [3.8, 4) is 11.6 Å². The van der Waals surface area contributed by atoms with Gasteiger partial charge in [-0.3, -0.25) is 0 Å². The molecule has 2 rings (SSSR count). The number of para-hydroxylation sites is 1. The predicted molar refractivity (Wildman–Crippen MR) is 78.5 cm³/mol. The highest BCUT2D eigenvalue weighted by atomic mass is 79.9. The summed E-state index contributed by atoms with van der Waals surface area (Å²) in [7, 11) is 0. The third-order valence-corrected chi connectivity index (χ3v) is 3.36. The summed E-state index contributed by atoms with van der Waals surface area (Å²) in [5, 5.41) is 9.30. The largest absolute Gasteiger partial charge is 0.438 e. The summed E-state index contributed by atoms with van der Waals surface area (Å²) in [6.07, 6.45) is 0. The second kappa shape index (κ2) is 6.17. The molecule has 0 fully saturated rings. The fourth-order valence-corrected chi connectivity index (χ4v) is 2.03. The monoisotopic (exact) mass is 321 g/mol. The van der Waals surface area contributed by atoms with Crippen molar-refractivity contribution in [2.45, 2.75) is 26.4 Å². The Morgan fingerprint density at radius 2 is 2.00 bits per heavy atom. The van der Waals surface area contributed by atoms with Gasteiger partial charge in [0.1, 0.15) is 5.75 Å². The van der Waals surface area contributed by atoms with Gasteiger partial charge >= 0.3 is 0 Å². The van der Waals surface area contributed by atoms with E-state index in [1.807, 2.05) is 30.3 Å². The Balaban J connectivity index is 2.34. The molecular weight excluding hydrogens is 306 g/mol. The number of halogens is 1. The lowest BCUT2D eigenvalue weighted by Crippen LogP contribution is -1.99. The Kier molecular flexibility index (Phi) is 4.56. The molecule has 0 amide bonds. The fourth-order valence-electron chi connectivity index (χ4n) is 1.66. The van der Waals surface area contributed by atoms with Crippen LogP contribution in [0.1, 0.15) is 31.0 Å². The van der Waals surface area contributed by atoms with Gasteiger partial charge in [-0.05, 0) is 45.6 Å². The molecule has 0 aliphatic heterocycles. The third-order valence-electron chi connectivity index (χ3n) is 2.71. The number of hydrogen-bond donors (Lipinski definition) is 1. The van der Waals surface area contributed by atoms with Crippen LogP contribution in [0.5, 0.6) is 11.6 Å². The van der Waals surface area contributed by atoms with Crippen LogP contribution in [-0.4, -0.2) is 10.1 Å². The summed E-state index contributed by atoms with van der Waals surface area (Å²) in [5.74, 6) is 1.50. The van der Waals surface area contributed by atoms with E-state index >= 15 is 0 Å². The Bertz CT molecular complexity index is 570. The fraction of sp³-hybridized carbons (Fsp3) is 0.267. The normalized spacial score (nSPS) is 10.8. The number of ether oxygens (including phenoxy) is 1. The zero-order valence-electron chi connectivity index (χ0n) is 10.9. The summed E-state index contributed by atoms with van der Waals surface area (Å²) in [5.41, 5.74) is 1.72. The van der Waals surface area contributed by atoms with E-state index in [0.717, 1.165) is 15.7 Å². The molecule has 2 aromatic rings. The molecule has 0 aliphatic carbocycles. The van der Waals surface area contributed by atoms with Gasteiger partial charge in [0, 0.05) is 11.8 Å². The molecule has 100 valence electrons. The van der Waals surface area contributed by atoms with Crippen LogP contribution in [0.4, 0.5) is 0 Å². The molecule has 0 atom stereocenters. The second-order valence-electron chi connectivity index (χ2n) is 4.58. The second-order valence-corrected chi connectivity index (χ2v) is 5.44. The van der Waals surface area contributed by atoms with Gasteiger partial charge in [0.05, 0.1) is 11.1 Å². The van der Waals surface area contributed by atoms with Gasteiger partial charge in [0.25, 0.3) is 0 Å². The van der Waals surface area contributed by atoms with Gasteiger partial charge in [-0.25, -0.2) is 4.98 Å². The van der Waals surface area contributed by atoms with E-state index in [0.29, 0.717) is 11.6 Å². The maximum absolute atomic E-state index is 9.30. The Hall–Kier alpha value is -1.39. The summed E-state index contributed by atoms with van der Waals surface area (Å²) in [6, 6.07) is 11.3. The molecule has 4 heteroatoms. The van der Waals surface area contributed by atoms with Crippen LogP contribution in [0, 0.1) is 0 Å². The molecule has 1 aromatic heterocycles. The molecule has 0 unspecified atom stereocenters. The van der Waals surface area contributed by atoms with Crippen LogP contribution in [0.25, 0.3) is 0 Å². The summed E-state index contributed by atoms with van der Waals surface area (Å²) in [4.78, 5) is 4.46. The van der Waals surface area contributed by atoms with Crippen LogP contribution in [0.3, 0.4) is 0 Å². The van der Waals surface area contributed by atoms with E-state index in [1.165, 1.54) is 0 Å². The van der Waals surface area contributed by atoms with Gasteiger partial charge in [0.15, 0.2) is 0 Å². The highest BCUT2D eigenvalue weighted by molar-refractivity contribution is 9.10. The Morgan fingerprint density at radius 1 is 1.26 bits per heavy atom. The van der Waals surface area contributed by atoms with Gasteiger partial charge in [-0.2, -0.15) is 0 Å². The summed E-state index contributed by atoms with van der Waals surface area (Å²) in [6.45, 7) is 4.10. The minimum atomic E-state index is -0.0193. The average molecular weight is 322 g/mol. The smallest absolute Gasteiger partial charge is 0.219 e. The van der Waals surface area contributed by atoms with E-state index in [-0.39, 0.29) is 12.5 Å². The summed E-state index contributed by atoms with van der Waals surface area (Å²) < 4.78 is 6.65. The van der Waals surface area contributed by atoms with Crippen molar-refractivity contribution in [3.05, 3.63) is 52.1 Å².